The van der Waals surface area contributed by atoms with Gasteiger partial charge in [-0.15, -0.1) is 0 Å². The van der Waals surface area contributed by atoms with E-state index in [2.05, 4.69) is 4.98 Å². The lowest BCUT2D eigenvalue weighted by Gasteiger charge is -2.05. The number of nitrogen functional groups attached to an aromatic ring is 1. The number of halogens is 2. The van der Waals surface area contributed by atoms with Gasteiger partial charge in [0.15, 0.2) is 0 Å². The summed E-state index contributed by atoms with van der Waals surface area (Å²) >= 11 is 0. The number of hydrogen-bond donors (Lipinski definition) is 1. The minimum atomic E-state index is -2.94. The number of nitrogens with zero attached hydrogens (tertiary/aromatic N) is 3. The Hall–Kier alpha value is -2.30. The number of nitriles is 1. The zero-order chi connectivity index (χ0) is 12.3. The summed E-state index contributed by atoms with van der Waals surface area (Å²) in [7, 11) is 0. The highest BCUT2D eigenvalue weighted by Gasteiger charge is 2.22. The van der Waals surface area contributed by atoms with Gasteiger partial charge in [0.05, 0.1) is 23.0 Å². The van der Waals surface area contributed by atoms with Gasteiger partial charge >= 0.3 is 0 Å². The molecule has 16 heavy (non-hydrogen) atoms. The fraction of sp³-hybridized carbons (Fsp3) is 0.250. The molecule has 1 heterocycles. The van der Waals surface area contributed by atoms with E-state index in [1.54, 1.807) is 6.07 Å². The SMILES string of the molecule is N#CCc1nc(N)c(C(F)F)cc1[N+](=O)[O-]. The van der Waals surface area contributed by atoms with Gasteiger partial charge in [0.2, 0.25) is 0 Å². The van der Waals surface area contributed by atoms with Crippen LogP contribution in [0.5, 0.6) is 0 Å². The van der Waals surface area contributed by atoms with Gasteiger partial charge in [-0.1, -0.05) is 0 Å². The third-order valence-electron chi connectivity index (χ3n) is 1.82. The van der Waals surface area contributed by atoms with E-state index in [4.69, 9.17) is 11.0 Å². The van der Waals surface area contributed by atoms with Crippen LogP contribution < -0.4 is 5.73 Å². The molecule has 0 unspecified atom stereocenters. The average Bonchev–Trinajstić information content (AvgIpc) is 2.17. The van der Waals surface area contributed by atoms with Crippen molar-refractivity contribution in [1.82, 2.24) is 4.98 Å². The van der Waals surface area contributed by atoms with Crippen molar-refractivity contribution < 1.29 is 13.7 Å². The molecule has 0 aromatic carbocycles. The Labute approximate surface area is 88.5 Å². The Balaban J connectivity index is 3.38. The molecule has 0 saturated carbocycles. The van der Waals surface area contributed by atoms with E-state index in [1.165, 1.54) is 0 Å². The molecule has 0 saturated heterocycles. The molecule has 0 aliphatic heterocycles. The first-order valence-electron chi connectivity index (χ1n) is 4.06. The van der Waals surface area contributed by atoms with E-state index in [1.807, 2.05) is 0 Å². The molecule has 0 aliphatic rings. The molecule has 0 aliphatic carbocycles. The summed E-state index contributed by atoms with van der Waals surface area (Å²) in [6.07, 6.45) is -3.30. The number of aromatic nitrogens is 1. The second-order valence-corrected chi connectivity index (χ2v) is 2.82. The summed E-state index contributed by atoms with van der Waals surface area (Å²) in [5.74, 6) is -0.495. The first kappa shape index (κ1) is 11.8. The third-order valence-corrected chi connectivity index (χ3v) is 1.82. The maximum absolute atomic E-state index is 12.4. The number of rotatable bonds is 3. The largest absolute Gasteiger partial charge is 0.383 e. The third kappa shape index (κ3) is 2.20. The second-order valence-electron chi connectivity index (χ2n) is 2.82. The van der Waals surface area contributed by atoms with Gasteiger partial charge in [0.1, 0.15) is 11.5 Å². The molecular weight excluding hydrogens is 222 g/mol. The van der Waals surface area contributed by atoms with Crippen molar-refractivity contribution in [3.63, 3.8) is 0 Å². The Kier molecular flexibility index (Phi) is 3.30. The molecule has 2 N–H and O–H groups in total. The Bertz CT molecular complexity index is 470. The van der Waals surface area contributed by atoms with Crippen LogP contribution in [-0.2, 0) is 6.42 Å². The zero-order valence-electron chi connectivity index (χ0n) is 7.85. The van der Waals surface area contributed by atoms with Gasteiger partial charge in [-0.2, -0.15) is 5.26 Å². The Morgan fingerprint density at radius 1 is 1.69 bits per heavy atom. The fourth-order valence-corrected chi connectivity index (χ4v) is 1.11. The molecule has 0 amide bonds. The molecule has 0 fully saturated rings. The van der Waals surface area contributed by atoms with Crippen LogP contribution in [0.25, 0.3) is 0 Å². The summed E-state index contributed by atoms with van der Waals surface area (Å²) in [5, 5.41) is 18.9. The van der Waals surface area contributed by atoms with E-state index >= 15 is 0 Å². The van der Waals surface area contributed by atoms with Crippen molar-refractivity contribution in [2.24, 2.45) is 0 Å². The number of nitro groups is 1. The number of alkyl halides is 2. The van der Waals surface area contributed by atoms with Gasteiger partial charge < -0.3 is 5.73 Å². The molecule has 0 spiro atoms. The molecule has 0 atom stereocenters. The molecule has 0 radical (unpaired) electrons. The van der Waals surface area contributed by atoms with E-state index in [9.17, 15) is 18.9 Å². The van der Waals surface area contributed by atoms with Crippen LogP contribution in [0.1, 0.15) is 17.7 Å². The van der Waals surface area contributed by atoms with Crippen LogP contribution >= 0.6 is 0 Å². The van der Waals surface area contributed by atoms with Crippen LogP contribution in [0.2, 0.25) is 0 Å². The molecule has 8 heteroatoms. The Morgan fingerprint density at radius 2 is 2.31 bits per heavy atom. The lowest BCUT2D eigenvalue weighted by molar-refractivity contribution is -0.385. The van der Waals surface area contributed by atoms with Crippen molar-refractivity contribution in [3.8, 4) is 6.07 Å². The zero-order valence-corrected chi connectivity index (χ0v) is 7.85. The number of pyridine rings is 1. The Morgan fingerprint density at radius 3 is 2.75 bits per heavy atom. The van der Waals surface area contributed by atoms with Crippen molar-refractivity contribution in [1.29, 1.82) is 5.26 Å². The van der Waals surface area contributed by atoms with Crippen molar-refractivity contribution in [3.05, 3.63) is 27.4 Å². The fourth-order valence-electron chi connectivity index (χ4n) is 1.11. The summed E-state index contributed by atoms with van der Waals surface area (Å²) in [6.45, 7) is 0. The minimum Gasteiger partial charge on any atom is -0.383 e. The predicted octanol–water partition coefficient (Wildman–Crippen LogP) is 1.58. The summed E-state index contributed by atoms with van der Waals surface area (Å²) in [5.41, 5.74) is 3.67. The lowest BCUT2D eigenvalue weighted by Crippen LogP contribution is -2.05. The highest BCUT2D eigenvalue weighted by Crippen LogP contribution is 2.29. The van der Waals surface area contributed by atoms with Gasteiger partial charge in [-0.05, 0) is 0 Å². The summed E-state index contributed by atoms with van der Waals surface area (Å²) in [4.78, 5) is 13.1. The summed E-state index contributed by atoms with van der Waals surface area (Å²) < 4.78 is 24.8. The van der Waals surface area contributed by atoms with E-state index < -0.39 is 28.4 Å². The van der Waals surface area contributed by atoms with Crippen LogP contribution in [-0.4, -0.2) is 9.91 Å². The normalized spacial score (nSPS) is 10.1. The highest BCUT2D eigenvalue weighted by molar-refractivity contribution is 5.51. The van der Waals surface area contributed by atoms with Crippen molar-refractivity contribution in [2.45, 2.75) is 12.8 Å². The van der Waals surface area contributed by atoms with Gasteiger partial charge in [-0.3, -0.25) is 10.1 Å². The molecule has 1 aromatic heterocycles. The van der Waals surface area contributed by atoms with Crippen LogP contribution in [0.15, 0.2) is 6.07 Å². The predicted molar refractivity (Wildman–Crippen MR) is 49.6 cm³/mol. The highest BCUT2D eigenvalue weighted by atomic mass is 19.3. The van der Waals surface area contributed by atoms with E-state index in [-0.39, 0.29) is 12.1 Å². The molecular formula is C8H6F2N4O2. The monoisotopic (exact) mass is 228 g/mol. The lowest BCUT2D eigenvalue weighted by atomic mass is 10.2. The quantitative estimate of drug-likeness (QED) is 0.624. The van der Waals surface area contributed by atoms with Crippen LogP contribution in [0.4, 0.5) is 20.3 Å². The minimum absolute atomic E-state index is 0.214. The van der Waals surface area contributed by atoms with Crippen LogP contribution in [0.3, 0.4) is 0 Å². The molecule has 6 nitrogen and oxygen atoms in total. The smallest absolute Gasteiger partial charge is 0.292 e. The van der Waals surface area contributed by atoms with E-state index in [0.717, 1.165) is 0 Å². The number of anilines is 1. The number of hydrogen-bond acceptors (Lipinski definition) is 5. The molecule has 0 bridgehead atoms. The molecule has 1 aromatic rings. The average molecular weight is 228 g/mol. The van der Waals surface area contributed by atoms with E-state index in [0.29, 0.717) is 6.07 Å². The second kappa shape index (κ2) is 4.48. The topological polar surface area (TPSA) is 106 Å². The maximum atomic E-state index is 12.4. The molecule has 1 rings (SSSR count). The van der Waals surface area contributed by atoms with Crippen molar-refractivity contribution in [2.75, 3.05) is 5.73 Å². The van der Waals surface area contributed by atoms with Gasteiger partial charge in [0, 0.05) is 6.07 Å². The van der Waals surface area contributed by atoms with Gasteiger partial charge in [-0.25, -0.2) is 13.8 Å². The molecule has 84 valence electrons. The van der Waals surface area contributed by atoms with Crippen LogP contribution in [0, 0.1) is 21.4 Å². The summed E-state index contributed by atoms with van der Waals surface area (Å²) in [6, 6.07) is 2.30. The van der Waals surface area contributed by atoms with Gasteiger partial charge in [0.25, 0.3) is 12.1 Å². The first-order chi connectivity index (χ1) is 7.47. The standard InChI is InChI=1S/C8H6F2N4O2/c9-7(10)4-3-6(14(15)16)5(1-2-11)13-8(4)12/h3,7H,1H2,(H2,12,13). The first-order valence-corrected chi connectivity index (χ1v) is 4.06. The number of nitrogens with two attached hydrogens (primary N) is 1. The van der Waals surface area contributed by atoms with Crippen molar-refractivity contribution >= 4 is 11.5 Å². The maximum Gasteiger partial charge on any atom is 0.292 e.